The van der Waals surface area contributed by atoms with E-state index in [0.29, 0.717) is 5.56 Å². The lowest BCUT2D eigenvalue weighted by Crippen LogP contribution is -2.47. The van der Waals surface area contributed by atoms with Crippen LogP contribution in [0.1, 0.15) is 57.4 Å². The number of nitrogens with zero attached hydrogens (tertiary/aromatic N) is 1. The molecule has 3 amide bonds. The van der Waals surface area contributed by atoms with Gasteiger partial charge in [0.1, 0.15) is 18.2 Å². The van der Waals surface area contributed by atoms with E-state index < -0.39 is 36.1 Å². The fourth-order valence-electron chi connectivity index (χ4n) is 2.73. The zero-order chi connectivity index (χ0) is 22.4. The molecule has 0 fully saturated rings. The average molecular weight is 402 g/mol. The van der Waals surface area contributed by atoms with Gasteiger partial charge in [0.15, 0.2) is 0 Å². The highest BCUT2D eigenvalue weighted by Gasteiger charge is 2.32. The van der Waals surface area contributed by atoms with Crippen LogP contribution in [0.2, 0.25) is 0 Å². The van der Waals surface area contributed by atoms with Crippen LogP contribution >= 0.6 is 0 Å². The molecule has 0 bridgehead atoms. The fraction of sp³-hybridized carbons (Fsp3) is 0.500. The molecule has 0 aliphatic rings. The SMILES string of the molecule is C#CN(C(=O)CNC(=O)OC(C)(C)C)C(C(=O)NC(C)C)c1ccc(C)cc1C. The summed E-state index contributed by atoms with van der Waals surface area (Å²) < 4.78 is 5.13. The third-order valence-electron chi connectivity index (χ3n) is 3.85. The number of hydrogen-bond acceptors (Lipinski definition) is 4. The van der Waals surface area contributed by atoms with Crippen molar-refractivity contribution in [1.82, 2.24) is 15.5 Å². The predicted molar refractivity (Wildman–Crippen MR) is 112 cm³/mol. The Bertz CT molecular complexity index is 803. The highest BCUT2D eigenvalue weighted by molar-refractivity contribution is 5.91. The third kappa shape index (κ3) is 7.49. The van der Waals surface area contributed by atoms with Crippen LogP contribution in [-0.4, -0.2) is 41.0 Å². The number of carbonyl (C=O) groups is 3. The molecule has 0 aliphatic heterocycles. The molecule has 7 heteroatoms. The maximum absolute atomic E-state index is 12.9. The van der Waals surface area contributed by atoms with Crippen molar-refractivity contribution in [3.8, 4) is 12.5 Å². The summed E-state index contributed by atoms with van der Waals surface area (Å²) in [6, 6.07) is 6.71. The summed E-state index contributed by atoms with van der Waals surface area (Å²) in [5, 5.41) is 5.19. The molecule has 1 aromatic rings. The van der Waals surface area contributed by atoms with Gasteiger partial charge in [-0.1, -0.05) is 30.2 Å². The van der Waals surface area contributed by atoms with Crippen LogP contribution in [0.25, 0.3) is 0 Å². The lowest BCUT2D eigenvalue weighted by molar-refractivity contribution is -0.136. The van der Waals surface area contributed by atoms with Crippen LogP contribution in [0.3, 0.4) is 0 Å². The zero-order valence-electron chi connectivity index (χ0n) is 18.3. The molecule has 0 spiro atoms. The van der Waals surface area contributed by atoms with Crippen molar-refractivity contribution < 1.29 is 19.1 Å². The van der Waals surface area contributed by atoms with Gasteiger partial charge in [-0.3, -0.25) is 14.5 Å². The van der Waals surface area contributed by atoms with Gasteiger partial charge in [0.25, 0.3) is 5.91 Å². The molecule has 1 rings (SSSR count). The number of benzene rings is 1. The van der Waals surface area contributed by atoms with Gasteiger partial charge in [0.2, 0.25) is 5.91 Å². The van der Waals surface area contributed by atoms with Crippen LogP contribution < -0.4 is 10.6 Å². The van der Waals surface area contributed by atoms with Gasteiger partial charge in [-0.2, -0.15) is 0 Å². The summed E-state index contributed by atoms with van der Waals surface area (Å²) in [5.74, 6) is -0.988. The second kappa shape index (κ2) is 9.97. The summed E-state index contributed by atoms with van der Waals surface area (Å²) in [6.07, 6.45) is 4.86. The lowest BCUT2D eigenvalue weighted by atomic mass is 9.97. The van der Waals surface area contributed by atoms with E-state index in [0.717, 1.165) is 16.0 Å². The molecular formula is C22H31N3O4. The van der Waals surface area contributed by atoms with Gasteiger partial charge in [-0.15, -0.1) is 0 Å². The minimum Gasteiger partial charge on any atom is -0.444 e. The molecule has 0 saturated heterocycles. The Labute approximate surface area is 173 Å². The summed E-state index contributed by atoms with van der Waals surface area (Å²) >= 11 is 0. The van der Waals surface area contributed by atoms with Crippen LogP contribution in [-0.2, 0) is 14.3 Å². The number of ether oxygens (including phenoxy) is 1. The van der Waals surface area contributed by atoms with Gasteiger partial charge in [0, 0.05) is 12.1 Å². The quantitative estimate of drug-likeness (QED) is 0.567. The highest BCUT2D eigenvalue weighted by Crippen LogP contribution is 2.25. The molecular weight excluding hydrogens is 370 g/mol. The Morgan fingerprint density at radius 3 is 2.31 bits per heavy atom. The van der Waals surface area contributed by atoms with Gasteiger partial charge in [-0.05, 0) is 59.6 Å². The third-order valence-corrected chi connectivity index (χ3v) is 3.85. The Morgan fingerprint density at radius 1 is 1.21 bits per heavy atom. The maximum Gasteiger partial charge on any atom is 0.408 e. The molecule has 1 atom stereocenters. The largest absolute Gasteiger partial charge is 0.444 e. The minimum absolute atomic E-state index is 0.134. The van der Waals surface area contributed by atoms with Crippen molar-refractivity contribution in [3.63, 3.8) is 0 Å². The van der Waals surface area contributed by atoms with Gasteiger partial charge in [-0.25, -0.2) is 4.79 Å². The van der Waals surface area contributed by atoms with Crippen LogP contribution in [0.4, 0.5) is 4.79 Å². The summed E-state index contributed by atoms with van der Waals surface area (Å²) in [7, 11) is 0. The fourth-order valence-corrected chi connectivity index (χ4v) is 2.73. The Kier molecular flexibility index (Phi) is 8.26. The molecule has 0 saturated carbocycles. The van der Waals surface area contributed by atoms with Crippen LogP contribution in [0.5, 0.6) is 0 Å². The highest BCUT2D eigenvalue weighted by atomic mass is 16.6. The lowest BCUT2D eigenvalue weighted by Gasteiger charge is -2.28. The number of rotatable bonds is 6. The van der Waals surface area contributed by atoms with E-state index in [1.165, 1.54) is 0 Å². The maximum atomic E-state index is 12.9. The van der Waals surface area contributed by atoms with Crippen molar-refractivity contribution in [1.29, 1.82) is 0 Å². The van der Waals surface area contributed by atoms with E-state index >= 15 is 0 Å². The molecule has 0 heterocycles. The first-order chi connectivity index (χ1) is 13.4. The minimum atomic E-state index is -1.02. The van der Waals surface area contributed by atoms with E-state index in [2.05, 4.69) is 16.7 Å². The van der Waals surface area contributed by atoms with Gasteiger partial charge < -0.3 is 15.4 Å². The number of aryl methyl sites for hydroxylation is 2. The molecule has 0 radical (unpaired) electrons. The molecule has 1 unspecified atom stereocenters. The predicted octanol–water partition coefficient (Wildman–Crippen LogP) is 2.81. The van der Waals surface area contributed by atoms with Gasteiger partial charge >= 0.3 is 6.09 Å². The van der Waals surface area contributed by atoms with Crippen molar-refractivity contribution in [2.24, 2.45) is 0 Å². The van der Waals surface area contributed by atoms with Crippen molar-refractivity contribution >= 4 is 17.9 Å². The average Bonchev–Trinajstić information content (AvgIpc) is 2.56. The number of alkyl carbamates (subject to hydrolysis) is 1. The summed E-state index contributed by atoms with van der Waals surface area (Å²) in [5.41, 5.74) is 1.79. The number of hydrogen-bond donors (Lipinski definition) is 2. The Morgan fingerprint density at radius 2 is 1.83 bits per heavy atom. The molecule has 7 nitrogen and oxygen atoms in total. The topological polar surface area (TPSA) is 87.7 Å². The summed E-state index contributed by atoms with van der Waals surface area (Å²) in [6.45, 7) is 12.2. The van der Waals surface area contributed by atoms with E-state index in [4.69, 9.17) is 11.2 Å². The molecule has 29 heavy (non-hydrogen) atoms. The molecule has 158 valence electrons. The normalized spacial score (nSPS) is 12.0. The number of carbonyl (C=O) groups excluding carboxylic acids is 3. The molecule has 0 aromatic heterocycles. The van der Waals surface area contributed by atoms with Crippen molar-refractivity contribution in [2.75, 3.05) is 6.54 Å². The number of nitrogens with one attached hydrogen (secondary N) is 2. The van der Waals surface area contributed by atoms with Crippen molar-refractivity contribution in [3.05, 3.63) is 34.9 Å². The number of amides is 3. The van der Waals surface area contributed by atoms with Crippen LogP contribution in [0, 0.1) is 26.3 Å². The Balaban J connectivity index is 3.14. The smallest absolute Gasteiger partial charge is 0.408 e. The van der Waals surface area contributed by atoms with E-state index in [9.17, 15) is 14.4 Å². The van der Waals surface area contributed by atoms with E-state index in [1.807, 2.05) is 39.8 Å². The number of terminal acetylenes is 1. The first-order valence-corrected chi connectivity index (χ1v) is 9.48. The molecule has 0 aliphatic carbocycles. The second-order valence-electron chi connectivity index (χ2n) is 8.17. The van der Waals surface area contributed by atoms with Crippen molar-refractivity contribution in [2.45, 2.75) is 66.2 Å². The Hall–Kier alpha value is -3.01. The van der Waals surface area contributed by atoms with Gasteiger partial charge in [0.05, 0.1) is 0 Å². The monoisotopic (exact) mass is 401 g/mol. The summed E-state index contributed by atoms with van der Waals surface area (Å²) in [4.78, 5) is 38.5. The first kappa shape index (κ1) is 24.0. The van der Waals surface area contributed by atoms with E-state index in [-0.39, 0.29) is 6.04 Å². The second-order valence-corrected chi connectivity index (χ2v) is 8.17. The molecule has 1 aromatic carbocycles. The molecule has 2 N–H and O–H groups in total. The standard InChI is InChI=1S/C22H31N3O4/c1-9-25(18(26)13-23-21(28)29-22(6,7)8)19(20(27)24-14(2)3)17-11-10-15(4)12-16(17)5/h1,10-12,14,19H,13H2,2-8H3,(H,23,28)(H,24,27). The van der Waals surface area contributed by atoms with E-state index in [1.54, 1.807) is 26.8 Å². The zero-order valence-corrected chi connectivity index (χ0v) is 18.3. The van der Waals surface area contributed by atoms with Crippen LogP contribution in [0.15, 0.2) is 18.2 Å². The first-order valence-electron chi connectivity index (χ1n) is 9.48.